The minimum absolute atomic E-state index is 0.148. The van der Waals surface area contributed by atoms with Gasteiger partial charge in [-0.1, -0.05) is 44.0 Å². The largest absolute Gasteiger partial charge is 0.269 e. The average molecular weight is 337 g/mol. The molecule has 0 heterocycles. The molecule has 82 valence electrons. The number of benzene rings is 1. The minimum Gasteiger partial charge on any atom is -0.258 e. The molecular weight excluding hydrogens is 326 g/mol. The molecule has 0 amide bonds. The number of alkyl halides is 2. The molecule has 0 aliphatic rings. The monoisotopic (exact) mass is 335 g/mol. The Labute approximate surface area is 105 Å². The van der Waals surface area contributed by atoms with E-state index in [9.17, 15) is 10.1 Å². The first-order valence-electron chi connectivity index (χ1n) is 4.57. The van der Waals surface area contributed by atoms with Crippen molar-refractivity contribution in [3.8, 4) is 0 Å². The molecule has 1 unspecified atom stereocenters. The summed E-state index contributed by atoms with van der Waals surface area (Å²) in [6.07, 6.45) is 1.95. The molecule has 0 bridgehead atoms. The van der Waals surface area contributed by atoms with Crippen LogP contribution in [-0.2, 0) is 6.42 Å². The highest BCUT2D eigenvalue weighted by Gasteiger charge is 2.05. The van der Waals surface area contributed by atoms with Gasteiger partial charge in [0.05, 0.1) is 4.92 Å². The zero-order valence-electron chi connectivity index (χ0n) is 8.03. The first-order chi connectivity index (χ1) is 7.13. The second-order valence-corrected chi connectivity index (χ2v) is 5.16. The van der Waals surface area contributed by atoms with E-state index in [2.05, 4.69) is 31.9 Å². The van der Waals surface area contributed by atoms with E-state index in [4.69, 9.17) is 0 Å². The summed E-state index contributed by atoms with van der Waals surface area (Å²) in [6, 6.07) is 6.72. The van der Waals surface area contributed by atoms with Gasteiger partial charge in [0.15, 0.2) is 0 Å². The lowest BCUT2D eigenvalue weighted by molar-refractivity contribution is -0.384. The number of hydrogen-bond acceptors (Lipinski definition) is 2. The summed E-state index contributed by atoms with van der Waals surface area (Å²) in [5.74, 6) is 0. The third kappa shape index (κ3) is 4.30. The standard InChI is InChI=1S/C10H11Br2NO2/c11-7-9(12)4-1-8-2-5-10(6-3-8)13(14)15/h2-3,5-6,9H,1,4,7H2. The van der Waals surface area contributed by atoms with Crippen molar-refractivity contribution in [1.29, 1.82) is 0 Å². The van der Waals surface area contributed by atoms with Crippen molar-refractivity contribution >= 4 is 37.5 Å². The van der Waals surface area contributed by atoms with Gasteiger partial charge in [-0.2, -0.15) is 0 Å². The van der Waals surface area contributed by atoms with Crippen LogP contribution in [0.25, 0.3) is 0 Å². The summed E-state index contributed by atoms with van der Waals surface area (Å²) in [5, 5.41) is 11.3. The Hall–Kier alpha value is -0.420. The van der Waals surface area contributed by atoms with E-state index in [-0.39, 0.29) is 10.6 Å². The molecule has 1 aromatic rings. The number of non-ortho nitro benzene ring substituents is 1. The van der Waals surface area contributed by atoms with Crippen LogP contribution in [0, 0.1) is 10.1 Å². The molecule has 1 aromatic carbocycles. The van der Waals surface area contributed by atoms with Gasteiger partial charge < -0.3 is 0 Å². The molecule has 0 aliphatic carbocycles. The molecule has 0 saturated heterocycles. The number of rotatable bonds is 5. The summed E-state index contributed by atoms with van der Waals surface area (Å²) < 4.78 is 0. The Morgan fingerprint density at radius 2 is 1.93 bits per heavy atom. The molecule has 0 aromatic heterocycles. The van der Waals surface area contributed by atoms with Crippen LogP contribution in [-0.4, -0.2) is 15.1 Å². The van der Waals surface area contributed by atoms with Crippen LogP contribution in [0.4, 0.5) is 5.69 Å². The van der Waals surface area contributed by atoms with Gasteiger partial charge in [-0.05, 0) is 18.4 Å². The van der Waals surface area contributed by atoms with Gasteiger partial charge in [-0.25, -0.2) is 0 Å². The van der Waals surface area contributed by atoms with E-state index in [1.807, 2.05) is 12.1 Å². The first-order valence-corrected chi connectivity index (χ1v) is 6.60. The molecular formula is C10H11Br2NO2. The summed E-state index contributed by atoms with van der Waals surface area (Å²) >= 11 is 6.90. The van der Waals surface area contributed by atoms with E-state index in [0.29, 0.717) is 4.83 Å². The maximum atomic E-state index is 10.4. The molecule has 0 radical (unpaired) electrons. The first kappa shape index (κ1) is 12.6. The lowest BCUT2D eigenvalue weighted by atomic mass is 10.1. The third-order valence-corrected chi connectivity index (χ3v) is 4.49. The molecule has 3 nitrogen and oxygen atoms in total. The van der Waals surface area contributed by atoms with Crippen molar-refractivity contribution in [3.63, 3.8) is 0 Å². The van der Waals surface area contributed by atoms with E-state index in [1.54, 1.807) is 12.1 Å². The van der Waals surface area contributed by atoms with Crippen LogP contribution in [0.15, 0.2) is 24.3 Å². The van der Waals surface area contributed by atoms with Crippen LogP contribution in [0.3, 0.4) is 0 Å². The molecule has 5 heteroatoms. The second kappa shape index (κ2) is 6.23. The number of nitrogens with zero attached hydrogens (tertiary/aromatic N) is 1. The van der Waals surface area contributed by atoms with E-state index >= 15 is 0 Å². The van der Waals surface area contributed by atoms with Gasteiger partial charge in [0.1, 0.15) is 0 Å². The van der Waals surface area contributed by atoms with Crippen molar-refractivity contribution < 1.29 is 4.92 Å². The molecule has 1 rings (SSSR count). The van der Waals surface area contributed by atoms with Gasteiger partial charge in [0.2, 0.25) is 0 Å². The van der Waals surface area contributed by atoms with Gasteiger partial charge in [0.25, 0.3) is 5.69 Å². The highest BCUT2D eigenvalue weighted by Crippen LogP contribution is 2.16. The maximum Gasteiger partial charge on any atom is 0.269 e. The van der Waals surface area contributed by atoms with E-state index in [1.165, 1.54) is 0 Å². The van der Waals surface area contributed by atoms with E-state index in [0.717, 1.165) is 23.7 Å². The van der Waals surface area contributed by atoms with Gasteiger partial charge in [-0.15, -0.1) is 0 Å². The molecule has 15 heavy (non-hydrogen) atoms. The van der Waals surface area contributed by atoms with Gasteiger partial charge in [-0.3, -0.25) is 10.1 Å². The lowest BCUT2D eigenvalue weighted by Crippen LogP contribution is -2.01. The number of halogens is 2. The smallest absolute Gasteiger partial charge is 0.258 e. The van der Waals surface area contributed by atoms with Gasteiger partial charge in [0, 0.05) is 22.3 Å². The van der Waals surface area contributed by atoms with Crippen molar-refractivity contribution in [2.24, 2.45) is 0 Å². The maximum absolute atomic E-state index is 10.4. The van der Waals surface area contributed by atoms with Crippen LogP contribution < -0.4 is 0 Å². The summed E-state index contributed by atoms with van der Waals surface area (Å²) in [6.45, 7) is 0. The van der Waals surface area contributed by atoms with Gasteiger partial charge >= 0.3 is 0 Å². The SMILES string of the molecule is O=[N+]([O-])c1ccc(CCC(Br)CBr)cc1. The molecule has 0 N–H and O–H groups in total. The third-order valence-electron chi connectivity index (χ3n) is 2.06. The van der Waals surface area contributed by atoms with Crippen molar-refractivity contribution in [2.45, 2.75) is 17.7 Å². The van der Waals surface area contributed by atoms with Crippen molar-refractivity contribution in [3.05, 3.63) is 39.9 Å². The highest BCUT2D eigenvalue weighted by molar-refractivity contribution is 9.12. The Kier molecular flexibility index (Phi) is 5.25. The van der Waals surface area contributed by atoms with Crippen molar-refractivity contribution in [2.75, 3.05) is 5.33 Å². The molecule has 0 saturated carbocycles. The minimum atomic E-state index is -0.379. The molecule has 0 spiro atoms. The van der Waals surface area contributed by atoms with Crippen molar-refractivity contribution in [1.82, 2.24) is 0 Å². The Balaban J connectivity index is 2.53. The number of nitro benzene ring substituents is 1. The quantitative estimate of drug-likeness (QED) is 0.467. The number of nitro groups is 1. The summed E-state index contributed by atoms with van der Waals surface area (Å²) in [4.78, 5) is 10.5. The topological polar surface area (TPSA) is 43.1 Å². The fraction of sp³-hybridized carbons (Fsp3) is 0.400. The Morgan fingerprint density at radius 1 is 1.33 bits per heavy atom. The molecule has 0 aliphatic heterocycles. The predicted octanol–water partition coefficient (Wildman–Crippen LogP) is 3.69. The van der Waals surface area contributed by atoms with Crippen LogP contribution in [0.2, 0.25) is 0 Å². The fourth-order valence-corrected chi connectivity index (χ4v) is 1.74. The number of hydrogen-bond donors (Lipinski definition) is 0. The zero-order chi connectivity index (χ0) is 11.3. The molecule has 1 atom stereocenters. The average Bonchev–Trinajstić information content (AvgIpc) is 2.26. The lowest BCUT2D eigenvalue weighted by Gasteiger charge is -2.05. The van der Waals surface area contributed by atoms with E-state index < -0.39 is 0 Å². The zero-order valence-corrected chi connectivity index (χ0v) is 11.2. The van der Waals surface area contributed by atoms with Crippen LogP contribution in [0.1, 0.15) is 12.0 Å². The predicted molar refractivity (Wildman–Crippen MR) is 67.9 cm³/mol. The normalized spacial score (nSPS) is 12.4. The highest BCUT2D eigenvalue weighted by atomic mass is 79.9. The van der Waals surface area contributed by atoms with Crippen LogP contribution in [0.5, 0.6) is 0 Å². The molecule has 0 fully saturated rings. The second-order valence-electron chi connectivity index (χ2n) is 3.21. The van der Waals surface area contributed by atoms with Crippen LogP contribution >= 0.6 is 31.9 Å². The Morgan fingerprint density at radius 3 is 2.40 bits per heavy atom. The summed E-state index contributed by atoms with van der Waals surface area (Å²) in [7, 11) is 0. The number of aryl methyl sites for hydroxylation is 1. The Bertz CT molecular complexity index is 327. The fourth-order valence-electron chi connectivity index (χ4n) is 1.18. The summed E-state index contributed by atoms with van der Waals surface area (Å²) in [5.41, 5.74) is 1.28.